The smallest absolute Gasteiger partial charge is 0.230 e. The van der Waals surface area contributed by atoms with Gasteiger partial charge in [0.1, 0.15) is 5.82 Å². The largest absolute Gasteiger partial charge is 0.370 e. The van der Waals surface area contributed by atoms with Crippen LogP contribution in [0.4, 0.5) is 11.5 Å². The van der Waals surface area contributed by atoms with Gasteiger partial charge in [-0.2, -0.15) is 5.26 Å². The molecule has 1 amide bonds. The molecule has 1 unspecified atom stereocenters. The summed E-state index contributed by atoms with van der Waals surface area (Å²) in [5.41, 5.74) is 1.80. The maximum Gasteiger partial charge on any atom is 0.230 e. The molecule has 1 atom stereocenters. The average Bonchev–Trinajstić information content (AvgIpc) is 2.69. The number of carbonyl (C=O) groups is 2. The molecule has 1 fully saturated rings. The number of nitrogens with zero attached hydrogens (tertiary/aromatic N) is 3. The van der Waals surface area contributed by atoms with Crippen LogP contribution >= 0.6 is 15.9 Å². The van der Waals surface area contributed by atoms with Gasteiger partial charge in [-0.25, -0.2) is 4.98 Å². The fraction of sp³-hybridized carbons (Fsp3) is 0.300. The summed E-state index contributed by atoms with van der Waals surface area (Å²) in [5.74, 6) is 0.154. The second kappa shape index (κ2) is 8.31. The van der Waals surface area contributed by atoms with E-state index in [9.17, 15) is 14.9 Å². The number of amides is 1. The van der Waals surface area contributed by atoms with Crippen LogP contribution in [0.25, 0.3) is 0 Å². The van der Waals surface area contributed by atoms with E-state index < -0.39 is 0 Å². The summed E-state index contributed by atoms with van der Waals surface area (Å²) in [6.45, 7) is 2.76. The van der Waals surface area contributed by atoms with Crippen molar-refractivity contribution in [3.63, 3.8) is 0 Å². The summed E-state index contributed by atoms with van der Waals surface area (Å²) in [6.07, 6.45) is 3.24. The molecule has 1 aromatic carbocycles. The summed E-state index contributed by atoms with van der Waals surface area (Å²) in [5, 5.41) is 12.0. The second-order valence-electron chi connectivity index (χ2n) is 6.54. The molecular formula is C20H19BrN4O2. The molecule has 138 valence electrons. The maximum absolute atomic E-state index is 12.7. The number of carbonyl (C=O) groups excluding carboxylic acids is 2. The van der Waals surface area contributed by atoms with Crippen molar-refractivity contribution in [2.45, 2.75) is 19.8 Å². The predicted octanol–water partition coefficient (Wildman–Crippen LogP) is 3.77. The van der Waals surface area contributed by atoms with Crippen molar-refractivity contribution in [1.82, 2.24) is 4.98 Å². The van der Waals surface area contributed by atoms with Gasteiger partial charge in [0.05, 0.1) is 17.6 Å². The Labute approximate surface area is 166 Å². The Morgan fingerprint density at radius 1 is 1.33 bits per heavy atom. The third-order valence-corrected chi connectivity index (χ3v) is 5.09. The number of aromatic nitrogens is 1. The summed E-state index contributed by atoms with van der Waals surface area (Å²) in [4.78, 5) is 30.9. The standard InChI is InChI=1S/C20H19BrN4O2/c1-13(26)17-6-4-14(10-22)9-18(17)25-8-2-3-15(12-25)20(27)24-19-7-5-16(21)11-23-19/h4-7,9,11,15H,2-3,8,12H2,1H3,(H,23,24,27). The Hall–Kier alpha value is -2.72. The highest BCUT2D eigenvalue weighted by Gasteiger charge is 2.28. The van der Waals surface area contributed by atoms with Crippen LogP contribution < -0.4 is 10.2 Å². The summed E-state index contributed by atoms with van der Waals surface area (Å²) >= 11 is 3.32. The van der Waals surface area contributed by atoms with Crippen molar-refractivity contribution in [3.8, 4) is 6.07 Å². The number of Topliss-reactive ketones (excluding diaryl/α,β-unsaturated/α-hetero) is 1. The zero-order valence-electron chi connectivity index (χ0n) is 14.9. The fourth-order valence-electron chi connectivity index (χ4n) is 3.25. The zero-order valence-corrected chi connectivity index (χ0v) is 16.5. The number of hydrogen-bond donors (Lipinski definition) is 1. The lowest BCUT2D eigenvalue weighted by molar-refractivity contribution is -0.120. The van der Waals surface area contributed by atoms with Gasteiger partial charge in [-0.15, -0.1) is 0 Å². The molecule has 0 bridgehead atoms. The summed E-state index contributed by atoms with van der Waals surface area (Å²) < 4.78 is 0.846. The number of nitrogens with one attached hydrogen (secondary N) is 1. The molecule has 0 radical (unpaired) electrons. The van der Waals surface area contributed by atoms with E-state index in [1.807, 2.05) is 11.0 Å². The first kappa shape index (κ1) is 19.1. The van der Waals surface area contributed by atoms with E-state index in [1.165, 1.54) is 6.92 Å². The number of rotatable bonds is 4. The Bertz CT molecular complexity index is 905. The van der Waals surface area contributed by atoms with Crippen LogP contribution in [0.15, 0.2) is 41.0 Å². The molecule has 0 spiro atoms. The van der Waals surface area contributed by atoms with Gasteiger partial charge in [-0.1, -0.05) is 0 Å². The molecule has 27 heavy (non-hydrogen) atoms. The van der Waals surface area contributed by atoms with Gasteiger partial charge in [0, 0.05) is 35.0 Å². The second-order valence-corrected chi connectivity index (χ2v) is 7.45. The lowest BCUT2D eigenvalue weighted by Crippen LogP contribution is -2.41. The van der Waals surface area contributed by atoms with E-state index in [-0.39, 0.29) is 17.6 Å². The molecular weight excluding hydrogens is 408 g/mol. The topological polar surface area (TPSA) is 86.1 Å². The van der Waals surface area contributed by atoms with Crippen molar-refractivity contribution in [3.05, 3.63) is 52.1 Å². The van der Waals surface area contributed by atoms with Crippen molar-refractivity contribution >= 4 is 39.1 Å². The van der Waals surface area contributed by atoms with Gasteiger partial charge in [0.15, 0.2) is 5.78 Å². The van der Waals surface area contributed by atoms with Crippen LogP contribution in [0, 0.1) is 17.2 Å². The normalized spacial score (nSPS) is 16.5. The van der Waals surface area contributed by atoms with Gasteiger partial charge >= 0.3 is 0 Å². The summed E-state index contributed by atoms with van der Waals surface area (Å²) in [7, 11) is 0. The molecule has 2 aromatic rings. The van der Waals surface area contributed by atoms with Crippen molar-refractivity contribution in [2.24, 2.45) is 5.92 Å². The monoisotopic (exact) mass is 426 g/mol. The first-order valence-corrected chi connectivity index (χ1v) is 9.49. The van der Waals surface area contributed by atoms with E-state index in [1.54, 1.807) is 30.5 Å². The van der Waals surface area contributed by atoms with Gasteiger partial charge in [-0.05, 0) is 66.0 Å². The molecule has 1 aliphatic rings. The number of piperidine rings is 1. The van der Waals surface area contributed by atoms with Crippen molar-refractivity contribution in [1.29, 1.82) is 5.26 Å². The molecule has 0 aliphatic carbocycles. The Kier molecular flexibility index (Phi) is 5.87. The lowest BCUT2D eigenvalue weighted by atomic mass is 9.95. The molecule has 1 aliphatic heterocycles. The SMILES string of the molecule is CC(=O)c1ccc(C#N)cc1N1CCCC(C(=O)Nc2ccc(Br)cn2)C1. The van der Waals surface area contributed by atoms with Crippen LogP contribution in [-0.4, -0.2) is 29.8 Å². The van der Waals surface area contributed by atoms with Gasteiger partial charge in [0.2, 0.25) is 5.91 Å². The quantitative estimate of drug-likeness (QED) is 0.751. The van der Waals surface area contributed by atoms with Gasteiger partial charge in [0.25, 0.3) is 0 Å². The van der Waals surface area contributed by atoms with Crippen LogP contribution in [0.3, 0.4) is 0 Å². The summed E-state index contributed by atoms with van der Waals surface area (Å²) in [6, 6.07) is 10.7. The molecule has 2 heterocycles. The minimum absolute atomic E-state index is 0.0554. The molecule has 3 rings (SSSR count). The first-order chi connectivity index (χ1) is 13.0. The number of ketones is 1. The van der Waals surface area contributed by atoms with E-state index in [0.29, 0.717) is 23.5 Å². The third kappa shape index (κ3) is 4.52. The number of benzene rings is 1. The minimum atomic E-state index is -0.213. The molecule has 0 saturated carbocycles. The van der Waals surface area contributed by atoms with Crippen LogP contribution in [-0.2, 0) is 4.79 Å². The van der Waals surface area contributed by atoms with Gasteiger partial charge < -0.3 is 10.2 Å². The maximum atomic E-state index is 12.7. The molecule has 7 heteroatoms. The van der Waals surface area contributed by atoms with E-state index >= 15 is 0 Å². The Morgan fingerprint density at radius 3 is 2.81 bits per heavy atom. The highest BCUT2D eigenvalue weighted by atomic mass is 79.9. The Morgan fingerprint density at radius 2 is 2.15 bits per heavy atom. The average molecular weight is 427 g/mol. The number of hydrogen-bond acceptors (Lipinski definition) is 5. The van der Waals surface area contributed by atoms with Crippen LogP contribution in [0.2, 0.25) is 0 Å². The predicted molar refractivity (Wildman–Crippen MR) is 107 cm³/mol. The third-order valence-electron chi connectivity index (χ3n) is 4.62. The van der Waals surface area contributed by atoms with Crippen LogP contribution in [0.5, 0.6) is 0 Å². The number of halogens is 1. The van der Waals surface area contributed by atoms with Crippen LogP contribution in [0.1, 0.15) is 35.7 Å². The van der Waals surface area contributed by atoms with Crippen molar-refractivity contribution < 1.29 is 9.59 Å². The number of anilines is 2. The first-order valence-electron chi connectivity index (χ1n) is 8.70. The highest BCUT2D eigenvalue weighted by molar-refractivity contribution is 9.10. The fourth-order valence-corrected chi connectivity index (χ4v) is 3.48. The lowest BCUT2D eigenvalue weighted by Gasteiger charge is -2.34. The zero-order chi connectivity index (χ0) is 19.4. The van der Waals surface area contributed by atoms with E-state index in [0.717, 1.165) is 29.5 Å². The molecule has 1 aromatic heterocycles. The molecule has 1 saturated heterocycles. The Balaban J connectivity index is 1.78. The van der Waals surface area contributed by atoms with E-state index in [4.69, 9.17) is 0 Å². The number of nitriles is 1. The minimum Gasteiger partial charge on any atom is -0.370 e. The van der Waals surface area contributed by atoms with Crippen molar-refractivity contribution in [2.75, 3.05) is 23.3 Å². The van der Waals surface area contributed by atoms with E-state index in [2.05, 4.69) is 32.3 Å². The molecule has 6 nitrogen and oxygen atoms in total. The highest BCUT2D eigenvalue weighted by Crippen LogP contribution is 2.28. The van der Waals surface area contributed by atoms with Gasteiger partial charge in [-0.3, -0.25) is 9.59 Å². The molecule has 1 N–H and O–H groups in total. The number of pyridine rings is 1.